The Balaban J connectivity index is 2.77. The van der Waals surface area contributed by atoms with Crippen molar-refractivity contribution < 1.29 is 14.7 Å². The van der Waals surface area contributed by atoms with Crippen LogP contribution in [0.4, 0.5) is 10.5 Å². The Kier molecular flexibility index (Phi) is 5.11. The first-order valence-corrected chi connectivity index (χ1v) is 5.97. The van der Waals surface area contributed by atoms with Gasteiger partial charge < -0.3 is 15.7 Å². The van der Waals surface area contributed by atoms with E-state index in [0.717, 1.165) is 0 Å². The lowest BCUT2D eigenvalue weighted by Crippen LogP contribution is -2.36. The second-order valence-electron chi connectivity index (χ2n) is 4.31. The first kappa shape index (κ1) is 14.8. The number of benzene rings is 1. The number of hydrogen-bond donors (Lipinski definition) is 3. The molecular formula is C14H18N2O3. The van der Waals surface area contributed by atoms with Gasteiger partial charge in [0.2, 0.25) is 0 Å². The molecule has 0 aliphatic carbocycles. The van der Waals surface area contributed by atoms with E-state index in [-0.39, 0.29) is 17.6 Å². The first-order chi connectivity index (χ1) is 8.95. The highest BCUT2D eigenvalue weighted by molar-refractivity contribution is 5.95. The molecular weight excluding hydrogens is 244 g/mol. The van der Waals surface area contributed by atoms with Crippen molar-refractivity contribution in [2.75, 3.05) is 5.32 Å². The van der Waals surface area contributed by atoms with Crippen molar-refractivity contribution in [3.05, 3.63) is 42.0 Å². The molecule has 0 aromatic heterocycles. The van der Waals surface area contributed by atoms with Crippen LogP contribution in [-0.2, 0) is 0 Å². The number of nitrogens with one attached hydrogen (secondary N) is 2. The third kappa shape index (κ3) is 4.13. The predicted molar refractivity (Wildman–Crippen MR) is 74.6 cm³/mol. The van der Waals surface area contributed by atoms with Crippen LogP contribution in [0.25, 0.3) is 0 Å². The molecule has 1 unspecified atom stereocenters. The summed E-state index contributed by atoms with van der Waals surface area (Å²) in [5.74, 6) is -1.01. The SMILES string of the molecule is C=CCC(C)NC(=O)Nc1cccc(C(=O)O)c1C. The van der Waals surface area contributed by atoms with Crippen LogP contribution in [0.15, 0.2) is 30.9 Å². The van der Waals surface area contributed by atoms with Crippen LogP contribution in [0.1, 0.15) is 29.3 Å². The van der Waals surface area contributed by atoms with Crippen molar-refractivity contribution in [1.29, 1.82) is 0 Å². The summed E-state index contributed by atoms with van der Waals surface area (Å²) in [6, 6.07) is 4.38. The van der Waals surface area contributed by atoms with Crippen LogP contribution >= 0.6 is 0 Å². The fraction of sp³-hybridized carbons (Fsp3) is 0.286. The lowest BCUT2D eigenvalue weighted by atomic mass is 10.1. The molecule has 0 saturated heterocycles. The van der Waals surface area contributed by atoms with Gasteiger partial charge in [0.1, 0.15) is 0 Å². The van der Waals surface area contributed by atoms with Gasteiger partial charge in [-0.05, 0) is 38.0 Å². The predicted octanol–water partition coefficient (Wildman–Crippen LogP) is 2.78. The smallest absolute Gasteiger partial charge is 0.336 e. The minimum Gasteiger partial charge on any atom is -0.478 e. The monoisotopic (exact) mass is 262 g/mol. The zero-order chi connectivity index (χ0) is 14.4. The van der Waals surface area contributed by atoms with E-state index < -0.39 is 5.97 Å². The molecule has 0 aliphatic rings. The Morgan fingerprint density at radius 3 is 2.74 bits per heavy atom. The quantitative estimate of drug-likeness (QED) is 0.714. The maximum Gasteiger partial charge on any atom is 0.336 e. The van der Waals surface area contributed by atoms with E-state index in [0.29, 0.717) is 17.7 Å². The molecule has 1 rings (SSSR count). The van der Waals surface area contributed by atoms with E-state index in [2.05, 4.69) is 17.2 Å². The molecule has 3 N–H and O–H groups in total. The van der Waals surface area contributed by atoms with E-state index in [9.17, 15) is 9.59 Å². The van der Waals surface area contributed by atoms with Crippen molar-refractivity contribution in [1.82, 2.24) is 5.32 Å². The number of aromatic carboxylic acids is 1. The molecule has 0 radical (unpaired) electrons. The Hall–Kier alpha value is -2.30. The molecule has 19 heavy (non-hydrogen) atoms. The highest BCUT2D eigenvalue weighted by atomic mass is 16.4. The van der Waals surface area contributed by atoms with E-state index >= 15 is 0 Å². The Morgan fingerprint density at radius 1 is 1.47 bits per heavy atom. The standard InChI is InChI=1S/C14H18N2O3/c1-4-6-9(2)15-14(19)16-12-8-5-7-11(10(12)3)13(17)18/h4-5,7-9H,1,6H2,2-3H3,(H,17,18)(H2,15,16,19). The molecule has 1 atom stereocenters. The molecule has 0 aliphatic heterocycles. The third-order valence-corrected chi connectivity index (χ3v) is 2.71. The molecule has 1 aromatic carbocycles. The van der Waals surface area contributed by atoms with Gasteiger partial charge >= 0.3 is 12.0 Å². The summed E-state index contributed by atoms with van der Waals surface area (Å²) < 4.78 is 0. The fourth-order valence-corrected chi connectivity index (χ4v) is 1.69. The summed E-state index contributed by atoms with van der Waals surface area (Å²) in [6.45, 7) is 7.12. The zero-order valence-corrected chi connectivity index (χ0v) is 11.1. The van der Waals surface area contributed by atoms with Crippen LogP contribution in [0.2, 0.25) is 0 Å². The number of rotatable bonds is 5. The van der Waals surface area contributed by atoms with Crippen molar-refractivity contribution in [3.8, 4) is 0 Å². The van der Waals surface area contributed by atoms with Crippen LogP contribution in [-0.4, -0.2) is 23.1 Å². The Morgan fingerprint density at radius 2 is 2.16 bits per heavy atom. The topological polar surface area (TPSA) is 78.4 Å². The first-order valence-electron chi connectivity index (χ1n) is 5.97. The Labute approximate surface area is 112 Å². The normalized spacial score (nSPS) is 11.5. The minimum atomic E-state index is -1.01. The molecule has 5 nitrogen and oxygen atoms in total. The second kappa shape index (κ2) is 6.58. The average Bonchev–Trinajstić information content (AvgIpc) is 2.31. The van der Waals surface area contributed by atoms with Crippen LogP contribution in [0.5, 0.6) is 0 Å². The maximum atomic E-state index is 11.7. The van der Waals surface area contributed by atoms with Crippen LogP contribution in [0, 0.1) is 6.92 Å². The molecule has 0 bridgehead atoms. The summed E-state index contributed by atoms with van der Waals surface area (Å²) >= 11 is 0. The summed E-state index contributed by atoms with van der Waals surface area (Å²) in [5, 5.41) is 14.4. The third-order valence-electron chi connectivity index (χ3n) is 2.71. The highest BCUT2D eigenvalue weighted by Crippen LogP contribution is 2.18. The molecule has 5 heteroatoms. The number of carboxylic acid groups (broad SMARTS) is 1. The maximum absolute atomic E-state index is 11.7. The zero-order valence-electron chi connectivity index (χ0n) is 11.1. The number of carboxylic acids is 1. The van der Waals surface area contributed by atoms with E-state index in [4.69, 9.17) is 5.11 Å². The Bertz CT molecular complexity index is 497. The van der Waals surface area contributed by atoms with Crippen LogP contribution in [0.3, 0.4) is 0 Å². The summed E-state index contributed by atoms with van der Waals surface area (Å²) in [5.41, 5.74) is 1.20. The molecule has 0 fully saturated rings. The second-order valence-corrected chi connectivity index (χ2v) is 4.31. The minimum absolute atomic E-state index is 0.0273. The largest absolute Gasteiger partial charge is 0.478 e. The van der Waals surface area contributed by atoms with Crippen molar-refractivity contribution in [2.24, 2.45) is 0 Å². The molecule has 1 aromatic rings. The molecule has 2 amide bonds. The number of carbonyl (C=O) groups is 2. The number of urea groups is 1. The van der Waals surface area contributed by atoms with Crippen molar-refractivity contribution >= 4 is 17.7 Å². The lowest BCUT2D eigenvalue weighted by molar-refractivity contribution is 0.0696. The van der Waals surface area contributed by atoms with E-state index in [1.54, 1.807) is 25.1 Å². The lowest BCUT2D eigenvalue weighted by Gasteiger charge is -2.14. The van der Waals surface area contributed by atoms with Gasteiger partial charge in [-0.3, -0.25) is 0 Å². The van der Waals surface area contributed by atoms with Gasteiger partial charge in [-0.2, -0.15) is 0 Å². The van der Waals surface area contributed by atoms with Gasteiger partial charge in [0.05, 0.1) is 5.56 Å². The summed E-state index contributed by atoms with van der Waals surface area (Å²) in [6.07, 6.45) is 2.39. The molecule has 0 heterocycles. The van der Waals surface area contributed by atoms with Crippen LogP contribution < -0.4 is 10.6 Å². The fourth-order valence-electron chi connectivity index (χ4n) is 1.69. The van der Waals surface area contributed by atoms with Crippen molar-refractivity contribution in [3.63, 3.8) is 0 Å². The van der Waals surface area contributed by atoms with Gasteiger partial charge in [0.15, 0.2) is 0 Å². The molecule has 0 spiro atoms. The number of carbonyl (C=O) groups excluding carboxylic acids is 1. The summed E-state index contributed by atoms with van der Waals surface area (Å²) in [7, 11) is 0. The number of amides is 2. The van der Waals surface area contributed by atoms with E-state index in [1.807, 2.05) is 6.92 Å². The van der Waals surface area contributed by atoms with E-state index in [1.165, 1.54) is 6.07 Å². The highest BCUT2D eigenvalue weighted by Gasteiger charge is 2.12. The molecule has 102 valence electrons. The van der Waals surface area contributed by atoms with Gasteiger partial charge in [-0.1, -0.05) is 12.1 Å². The summed E-state index contributed by atoms with van der Waals surface area (Å²) in [4.78, 5) is 22.7. The molecule has 0 saturated carbocycles. The van der Waals surface area contributed by atoms with Crippen molar-refractivity contribution in [2.45, 2.75) is 26.3 Å². The van der Waals surface area contributed by atoms with Gasteiger partial charge in [0.25, 0.3) is 0 Å². The number of hydrogen-bond acceptors (Lipinski definition) is 2. The van der Waals surface area contributed by atoms with Gasteiger partial charge in [-0.25, -0.2) is 9.59 Å². The average molecular weight is 262 g/mol. The number of anilines is 1. The van der Waals surface area contributed by atoms with Gasteiger partial charge in [0, 0.05) is 11.7 Å². The van der Waals surface area contributed by atoms with Gasteiger partial charge in [-0.15, -0.1) is 6.58 Å².